The molecule has 0 aromatic heterocycles. The number of amides is 2. The zero-order valence-electron chi connectivity index (χ0n) is 14.1. The van der Waals surface area contributed by atoms with E-state index in [1.54, 1.807) is 29.2 Å². The summed E-state index contributed by atoms with van der Waals surface area (Å²) >= 11 is 0. The van der Waals surface area contributed by atoms with Crippen molar-refractivity contribution in [3.63, 3.8) is 0 Å². The third kappa shape index (κ3) is 3.61. The molecule has 7 nitrogen and oxygen atoms in total. The minimum Gasteiger partial charge on any atom is -0.323 e. The lowest BCUT2D eigenvalue weighted by Gasteiger charge is -2.14. The maximum Gasteiger partial charge on any atom is 0.276 e. The Labute approximate surface area is 150 Å². The second kappa shape index (κ2) is 7.18. The smallest absolute Gasteiger partial charge is 0.276 e. The van der Waals surface area contributed by atoms with Crippen LogP contribution in [0.15, 0.2) is 48.5 Å². The standard InChI is InChI=1S/C19H17N3O4/c1-13(23)21-11-10-15-12-16(7-8-17(15)21)20-19(24)9-6-14-4-2-3-5-18(14)22(25)26/h2-9,12H,10-11H2,1H3,(H,20,24)/b9-6+. The van der Waals surface area contributed by atoms with Gasteiger partial charge in [0, 0.05) is 37.0 Å². The van der Waals surface area contributed by atoms with Crippen molar-refractivity contribution in [2.75, 3.05) is 16.8 Å². The molecule has 0 aliphatic carbocycles. The Bertz CT molecular complexity index is 921. The number of rotatable bonds is 4. The van der Waals surface area contributed by atoms with Crippen molar-refractivity contribution in [2.45, 2.75) is 13.3 Å². The van der Waals surface area contributed by atoms with E-state index in [1.807, 2.05) is 12.1 Å². The number of hydrogen-bond donors (Lipinski definition) is 1. The molecular weight excluding hydrogens is 334 g/mol. The summed E-state index contributed by atoms with van der Waals surface area (Å²) in [6.45, 7) is 2.16. The average Bonchev–Trinajstić information content (AvgIpc) is 3.03. The Kier molecular flexibility index (Phi) is 4.79. The summed E-state index contributed by atoms with van der Waals surface area (Å²) in [7, 11) is 0. The first-order chi connectivity index (χ1) is 12.5. The fraction of sp³-hybridized carbons (Fsp3) is 0.158. The largest absolute Gasteiger partial charge is 0.323 e. The van der Waals surface area contributed by atoms with Crippen LogP contribution in [0.4, 0.5) is 17.1 Å². The first kappa shape index (κ1) is 17.3. The van der Waals surface area contributed by atoms with Gasteiger partial charge in [0.2, 0.25) is 11.8 Å². The third-order valence-corrected chi connectivity index (χ3v) is 4.17. The van der Waals surface area contributed by atoms with Crippen LogP contribution < -0.4 is 10.2 Å². The van der Waals surface area contributed by atoms with Crippen molar-refractivity contribution in [1.82, 2.24) is 0 Å². The molecule has 0 saturated heterocycles. The molecule has 0 atom stereocenters. The molecule has 0 bridgehead atoms. The van der Waals surface area contributed by atoms with E-state index in [9.17, 15) is 19.7 Å². The van der Waals surface area contributed by atoms with Crippen molar-refractivity contribution in [3.05, 3.63) is 69.8 Å². The Balaban J connectivity index is 1.72. The Morgan fingerprint density at radius 2 is 2.00 bits per heavy atom. The number of anilines is 2. The van der Waals surface area contributed by atoms with Crippen LogP contribution in [0.25, 0.3) is 6.08 Å². The maximum atomic E-state index is 12.1. The Hall–Kier alpha value is -3.48. The highest BCUT2D eigenvalue weighted by Gasteiger charge is 2.22. The van der Waals surface area contributed by atoms with Crippen LogP contribution in [0.5, 0.6) is 0 Å². The molecular formula is C19H17N3O4. The van der Waals surface area contributed by atoms with Gasteiger partial charge in [-0.25, -0.2) is 0 Å². The summed E-state index contributed by atoms with van der Waals surface area (Å²) in [4.78, 5) is 35.9. The van der Waals surface area contributed by atoms with Gasteiger partial charge in [-0.05, 0) is 42.3 Å². The number of nitrogens with zero attached hydrogens (tertiary/aromatic N) is 2. The minimum absolute atomic E-state index is 0.00655. The van der Waals surface area contributed by atoms with E-state index < -0.39 is 4.92 Å². The van der Waals surface area contributed by atoms with Gasteiger partial charge >= 0.3 is 0 Å². The lowest BCUT2D eigenvalue weighted by Crippen LogP contribution is -2.25. The molecule has 1 heterocycles. The van der Waals surface area contributed by atoms with E-state index in [2.05, 4.69) is 5.32 Å². The van der Waals surface area contributed by atoms with Gasteiger partial charge in [0.15, 0.2) is 0 Å². The number of para-hydroxylation sites is 1. The first-order valence-corrected chi connectivity index (χ1v) is 8.09. The summed E-state index contributed by atoms with van der Waals surface area (Å²) in [5.74, 6) is -0.391. The molecule has 7 heteroatoms. The monoisotopic (exact) mass is 351 g/mol. The number of carbonyl (C=O) groups excluding carboxylic acids is 2. The highest BCUT2D eigenvalue weighted by Crippen LogP contribution is 2.30. The topological polar surface area (TPSA) is 92.6 Å². The molecule has 1 aliphatic heterocycles. The molecule has 0 unspecified atom stereocenters. The van der Waals surface area contributed by atoms with E-state index in [0.717, 1.165) is 17.7 Å². The van der Waals surface area contributed by atoms with Gasteiger partial charge in [0.25, 0.3) is 5.69 Å². The molecule has 2 aromatic carbocycles. The zero-order valence-corrected chi connectivity index (χ0v) is 14.1. The van der Waals surface area contributed by atoms with Gasteiger partial charge in [-0.1, -0.05) is 12.1 Å². The van der Waals surface area contributed by atoms with Crippen LogP contribution in [-0.2, 0) is 16.0 Å². The second-order valence-corrected chi connectivity index (χ2v) is 5.90. The quantitative estimate of drug-likeness (QED) is 0.520. The summed E-state index contributed by atoms with van der Waals surface area (Å²) < 4.78 is 0. The maximum absolute atomic E-state index is 12.1. The number of carbonyl (C=O) groups is 2. The van der Waals surface area contributed by atoms with Crippen molar-refractivity contribution in [1.29, 1.82) is 0 Å². The predicted octanol–water partition coefficient (Wildman–Crippen LogP) is 3.16. The molecule has 1 aliphatic rings. The molecule has 1 N–H and O–H groups in total. The fourth-order valence-electron chi connectivity index (χ4n) is 2.95. The van der Waals surface area contributed by atoms with Crippen LogP contribution in [-0.4, -0.2) is 23.3 Å². The molecule has 0 saturated carbocycles. The lowest BCUT2D eigenvalue weighted by atomic mass is 10.1. The molecule has 26 heavy (non-hydrogen) atoms. The van der Waals surface area contributed by atoms with E-state index in [-0.39, 0.29) is 17.5 Å². The SMILES string of the molecule is CC(=O)N1CCc2cc(NC(=O)/C=C/c3ccccc3[N+](=O)[O-])ccc21. The van der Waals surface area contributed by atoms with E-state index >= 15 is 0 Å². The number of fused-ring (bicyclic) bond motifs is 1. The number of nitro benzene ring substituents is 1. The molecule has 3 rings (SSSR count). The van der Waals surface area contributed by atoms with Gasteiger partial charge in [-0.15, -0.1) is 0 Å². The Morgan fingerprint density at radius 1 is 1.23 bits per heavy atom. The molecule has 0 radical (unpaired) electrons. The van der Waals surface area contributed by atoms with Crippen molar-refractivity contribution < 1.29 is 14.5 Å². The highest BCUT2D eigenvalue weighted by atomic mass is 16.6. The predicted molar refractivity (Wildman–Crippen MR) is 98.9 cm³/mol. The van der Waals surface area contributed by atoms with Gasteiger partial charge in [0.05, 0.1) is 10.5 Å². The average molecular weight is 351 g/mol. The zero-order chi connectivity index (χ0) is 18.7. The van der Waals surface area contributed by atoms with Crippen LogP contribution in [0.2, 0.25) is 0 Å². The summed E-state index contributed by atoms with van der Waals surface area (Å²) in [5.41, 5.74) is 2.79. The summed E-state index contributed by atoms with van der Waals surface area (Å²) in [6, 6.07) is 11.6. The Morgan fingerprint density at radius 3 is 2.73 bits per heavy atom. The third-order valence-electron chi connectivity index (χ3n) is 4.17. The lowest BCUT2D eigenvalue weighted by molar-refractivity contribution is -0.385. The van der Waals surface area contributed by atoms with Crippen LogP contribution >= 0.6 is 0 Å². The van der Waals surface area contributed by atoms with E-state index in [4.69, 9.17) is 0 Å². The van der Waals surface area contributed by atoms with Gasteiger partial charge < -0.3 is 10.2 Å². The number of hydrogen-bond acceptors (Lipinski definition) is 4. The fourth-order valence-corrected chi connectivity index (χ4v) is 2.95. The van der Waals surface area contributed by atoms with Crippen molar-refractivity contribution in [3.8, 4) is 0 Å². The summed E-state index contributed by atoms with van der Waals surface area (Å²) in [6.07, 6.45) is 3.42. The van der Waals surface area contributed by atoms with E-state index in [1.165, 1.54) is 25.1 Å². The van der Waals surface area contributed by atoms with E-state index in [0.29, 0.717) is 17.8 Å². The minimum atomic E-state index is -0.487. The molecule has 2 aromatic rings. The van der Waals surface area contributed by atoms with Crippen LogP contribution in [0, 0.1) is 10.1 Å². The van der Waals surface area contributed by atoms with Gasteiger partial charge in [-0.2, -0.15) is 0 Å². The normalized spacial score (nSPS) is 12.9. The molecule has 2 amide bonds. The number of nitrogens with one attached hydrogen (secondary N) is 1. The highest BCUT2D eigenvalue weighted by molar-refractivity contribution is 6.02. The van der Waals surface area contributed by atoms with Crippen molar-refractivity contribution >= 4 is 35.0 Å². The molecule has 0 fully saturated rings. The number of nitro groups is 1. The molecule has 132 valence electrons. The van der Waals surface area contributed by atoms with Crippen LogP contribution in [0.1, 0.15) is 18.1 Å². The number of benzene rings is 2. The summed E-state index contributed by atoms with van der Waals surface area (Å²) in [5, 5.41) is 13.7. The molecule has 0 spiro atoms. The second-order valence-electron chi connectivity index (χ2n) is 5.90. The van der Waals surface area contributed by atoms with Gasteiger partial charge in [0.1, 0.15) is 0 Å². The van der Waals surface area contributed by atoms with Crippen molar-refractivity contribution in [2.24, 2.45) is 0 Å². The van der Waals surface area contributed by atoms with Crippen LogP contribution in [0.3, 0.4) is 0 Å². The first-order valence-electron chi connectivity index (χ1n) is 8.09. The van der Waals surface area contributed by atoms with Gasteiger partial charge in [-0.3, -0.25) is 19.7 Å².